The number of hydrogen-bond donors (Lipinski definition) is 3. The van der Waals surface area contributed by atoms with Crippen molar-refractivity contribution in [1.82, 2.24) is 0 Å². The number of aromatic hydroxyl groups is 1. The summed E-state index contributed by atoms with van der Waals surface area (Å²) in [4.78, 5) is 0. The number of phenolic OH excluding ortho intramolecular Hbond substituents is 1. The van der Waals surface area contributed by atoms with Gasteiger partial charge in [0.1, 0.15) is 5.75 Å². The molecule has 15 heavy (non-hydrogen) atoms. The van der Waals surface area contributed by atoms with Crippen molar-refractivity contribution in [3.05, 3.63) is 28.8 Å². The third kappa shape index (κ3) is 2.62. The normalized spacial score (nSPS) is 15.3. The number of aliphatic hydroxyl groups is 1. The van der Waals surface area contributed by atoms with Gasteiger partial charge in [0.2, 0.25) is 0 Å². The van der Waals surface area contributed by atoms with Crippen LogP contribution < -0.4 is 5.73 Å². The summed E-state index contributed by atoms with van der Waals surface area (Å²) in [5, 5.41) is 19.7. The van der Waals surface area contributed by atoms with Gasteiger partial charge in [-0.25, -0.2) is 0 Å². The number of rotatable bonds is 3. The molecule has 4 N–H and O–H groups in total. The second kappa shape index (κ2) is 4.84. The van der Waals surface area contributed by atoms with Crippen molar-refractivity contribution in [1.29, 1.82) is 0 Å². The zero-order valence-electron chi connectivity index (χ0n) is 8.81. The molecular formula is C11H16ClNO2. The van der Waals surface area contributed by atoms with Crippen LogP contribution in [-0.4, -0.2) is 16.3 Å². The van der Waals surface area contributed by atoms with E-state index in [4.69, 9.17) is 17.3 Å². The maximum atomic E-state index is 9.78. The number of halogens is 1. The first-order chi connectivity index (χ1) is 6.95. The summed E-state index contributed by atoms with van der Waals surface area (Å²) in [6.45, 7) is 3.73. The van der Waals surface area contributed by atoms with Crippen LogP contribution in [0.3, 0.4) is 0 Å². The minimum Gasteiger partial charge on any atom is -0.506 e. The molecule has 0 saturated carbocycles. The van der Waals surface area contributed by atoms with E-state index >= 15 is 0 Å². The predicted octanol–water partition coefficient (Wildman–Crippen LogP) is 2.06. The molecule has 0 bridgehead atoms. The molecule has 2 atom stereocenters. The number of hydrogen-bond acceptors (Lipinski definition) is 3. The van der Waals surface area contributed by atoms with Crippen molar-refractivity contribution >= 4 is 11.6 Å². The lowest BCUT2D eigenvalue weighted by Gasteiger charge is -2.23. The predicted molar refractivity (Wildman–Crippen MR) is 60.9 cm³/mol. The second-order valence-electron chi connectivity index (χ2n) is 3.94. The van der Waals surface area contributed by atoms with Crippen molar-refractivity contribution in [3.63, 3.8) is 0 Å². The fourth-order valence-electron chi connectivity index (χ4n) is 1.40. The molecule has 0 radical (unpaired) electrons. The molecule has 0 fully saturated rings. The highest BCUT2D eigenvalue weighted by atomic mass is 35.5. The molecule has 4 heteroatoms. The number of benzene rings is 1. The highest BCUT2D eigenvalue weighted by Gasteiger charge is 2.23. The standard InChI is InChI=1S/C11H16ClNO2/c1-6(2)10(14)9(13)7-4-3-5-8(12)11(7)15/h3-6,9-10,14-15H,13H2,1-2H3/t9-,10+/m1/s1. The number of nitrogens with two attached hydrogens (primary N) is 1. The molecule has 0 spiro atoms. The zero-order chi connectivity index (χ0) is 11.6. The Hall–Kier alpha value is -0.770. The Kier molecular flexibility index (Phi) is 3.97. The lowest BCUT2D eigenvalue weighted by atomic mass is 9.94. The average Bonchev–Trinajstić information content (AvgIpc) is 2.20. The van der Waals surface area contributed by atoms with Gasteiger partial charge in [-0.15, -0.1) is 0 Å². The average molecular weight is 230 g/mol. The molecule has 1 aromatic rings. The largest absolute Gasteiger partial charge is 0.506 e. The summed E-state index contributed by atoms with van der Waals surface area (Å²) in [6, 6.07) is 4.32. The van der Waals surface area contributed by atoms with Gasteiger partial charge in [-0.3, -0.25) is 0 Å². The van der Waals surface area contributed by atoms with Crippen LogP contribution in [0.5, 0.6) is 5.75 Å². The number of para-hydroxylation sites is 1. The van der Waals surface area contributed by atoms with Crippen molar-refractivity contribution < 1.29 is 10.2 Å². The van der Waals surface area contributed by atoms with Gasteiger partial charge in [0, 0.05) is 5.56 Å². The topological polar surface area (TPSA) is 66.5 Å². The minimum atomic E-state index is -0.700. The molecule has 0 aliphatic heterocycles. The maximum absolute atomic E-state index is 9.78. The summed E-state index contributed by atoms with van der Waals surface area (Å²) < 4.78 is 0. The summed E-state index contributed by atoms with van der Waals surface area (Å²) in [5.74, 6) is -0.0234. The van der Waals surface area contributed by atoms with E-state index in [0.717, 1.165) is 0 Å². The van der Waals surface area contributed by atoms with Crippen LogP contribution in [0.1, 0.15) is 25.5 Å². The van der Waals surface area contributed by atoms with Crippen LogP contribution in [0.2, 0.25) is 5.02 Å². The highest BCUT2D eigenvalue weighted by Crippen LogP contribution is 2.32. The Morgan fingerprint density at radius 2 is 1.93 bits per heavy atom. The summed E-state index contributed by atoms with van der Waals surface area (Å²) in [6.07, 6.45) is -0.700. The minimum absolute atomic E-state index is 0.0263. The first-order valence-electron chi connectivity index (χ1n) is 4.86. The van der Waals surface area contributed by atoms with E-state index in [1.54, 1.807) is 18.2 Å². The Morgan fingerprint density at radius 1 is 1.33 bits per heavy atom. The van der Waals surface area contributed by atoms with Crippen molar-refractivity contribution in [2.75, 3.05) is 0 Å². The molecule has 0 aliphatic rings. The van der Waals surface area contributed by atoms with Crippen molar-refractivity contribution in [2.45, 2.75) is 26.0 Å². The summed E-state index contributed by atoms with van der Waals surface area (Å²) in [5.41, 5.74) is 6.32. The highest BCUT2D eigenvalue weighted by molar-refractivity contribution is 6.32. The Labute approximate surface area is 94.5 Å². The molecule has 0 amide bonds. The van der Waals surface area contributed by atoms with Crippen LogP contribution >= 0.6 is 11.6 Å². The molecule has 0 aliphatic carbocycles. The molecule has 0 saturated heterocycles. The smallest absolute Gasteiger partial charge is 0.139 e. The second-order valence-corrected chi connectivity index (χ2v) is 4.35. The Balaban J connectivity index is 3.01. The van der Waals surface area contributed by atoms with Gasteiger partial charge in [0.25, 0.3) is 0 Å². The monoisotopic (exact) mass is 229 g/mol. The van der Waals surface area contributed by atoms with Crippen LogP contribution in [0, 0.1) is 5.92 Å². The zero-order valence-corrected chi connectivity index (χ0v) is 9.57. The molecule has 0 heterocycles. The van der Waals surface area contributed by atoms with Crippen LogP contribution in [0.25, 0.3) is 0 Å². The number of phenols is 1. The first kappa shape index (κ1) is 12.3. The summed E-state index contributed by atoms with van der Waals surface area (Å²) in [7, 11) is 0. The quantitative estimate of drug-likeness (QED) is 0.743. The molecule has 0 aromatic heterocycles. The van der Waals surface area contributed by atoms with Crippen LogP contribution in [0.4, 0.5) is 0 Å². The fourth-order valence-corrected chi connectivity index (χ4v) is 1.58. The Morgan fingerprint density at radius 3 is 2.47 bits per heavy atom. The van der Waals surface area contributed by atoms with Gasteiger partial charge in [0.05, 0.1) is 17.2 Å². The van der Waals surface area contributed by atoms with E-state index in [1.807, 2.05) is 13.8 Å². The van der Waals surface area contributed by atoms with Gasteiger partial charge in [-0.2, -0.15) is 0 Å². The van der Waals surface area contributed by atoms with Gasteiger partial charge in [0.15, 0.2) is 0 Å². The molecule has 1 aromatic carbocycles. The van der Waals surface area contributed by atoms with Gasteiger partial charge in [-0.1, -0.05) is 37.6 Å². The van der Waals surface area contributed by atoms with Gasteiger partial charge in [-0.05, 0) is 12.0 Å². The fraction of sp³-hybridized carbons (Fsp3) is 0.455. The SMILES string of the molecule is CC(C)[C@H](O)[C@H](N)c1cccc(Cl)c1O. The van der Waals surface area contributed by atoms with Crippen LogP contribution in [0.15, 0.2) is 18.2 Å². The lowest BCUT2D eigenvalue weighted by Crippen LogP contribution is -2.30. The van der Waals surface area contributed by atoms with E-state index in [-0.39, 0.29) is 16.7 Å². The van der Waals surface area contributed by atoms with Gasteiger partial charge >= 0.3 is 0 Å². The third-order valence-electron chi connectivity index (χ3n) is 2.43. The molecular weight excluding hydrogens is 214 g/mol. The van der Waals surface area contributed by atoms with E-state index in [9.17, 15) is 10.2 Å². The molecule has 3 nitrogen and oxygen atoms in total. The van der Waals surface area contributed by atoms with E-state index in [2.05, 4.69) is 0 Å². The molecule has 84 valence electrons. The van der Waals surface area contributed by atoms with Crippen molar-refractivity contribution in [3.8, 4) is 5.75 Å². The summed E-state index contributed by atoms with van der Waals surface area (Å²) >= 11 is 5.75. The number of aliphatic hydroxyl groups excluding tert-OH is 1. The first-order valence-corrected chi connectivity index (χ1v) is 5.24. The third-order valence-corrected chi connectivity index (χ3v) is 2.73. The lowest BCUT2D eigenvalue weighted by molar-refractivity contribution is 0.0970. The molecule has 0 unspecified atom stereocenters. The molecule has 1 rings (SSSR count). The van der Waals surface area contributed by atoms with E-state index in [0.29, 0.717) is 5.56 Å². The van der Waals surface area contributed by atoms with Gasteiger partial charge < -0.3 is 15.9 Å². The van der Waals surface area contributed by atoms with Crippen LogP contribution in [-0.2, 0) is 0 Å². The van der Waals surface area contributed by atoms with E-state index < -0.39 is 12.1 Å². The van der Waals surface area contributed by atoms with Crippen molar-refractivity contribution in [2.24, 2.45) is 11.7 Å². The van der Waals surface area contributed by atoms with E-state index in [1.165, 1.54) is 0 Å². The maximum Gasteiger partial charge on any atom is 0.139 e. The Bertz CT molecular complexity index is 341.